The van der Waals surface area contributed by atoms with Crippen molar-refractivity contribution in [2.24, 2.45) is 5.92 Å². The fourth-order valence-corrected chi connectivity index (χ4v) is 1.74. The Hall–Kier alpha value is -1.58. The average Bonchev–Trinajstić information content (AvgIpc) is 2.73. The van der Waals surface area contributed by atoms with E-state index in [2.05, 4.69) is 11.7 Å². The predicted molar refractivity (Wildman–Crippen MR) is 56.6 cm³/mol. The molecule has 1 amide bonds. The molecule has 2 rings (SSSR count). The van der Waals surface area contributed by atoms with Crippen LogP contribution in [-0.4, -0.2) is 17.6 Å². The second-order valence-electron chi connectivity index (χ2n) is 3.90. The van der Waals surface area contributed by atoms with Gasteiger partial charge >= 0.3 is 0 Å². The number of amides is 1. The normalized spacial score (nSPS) is 21.1. The highest BCUT2D eigenvalue weighted by molar-refractivity contribution is 5.95. The molecule has 80 valence electrons. The van der Waals surface area contributed by atoms with Crippen LogP contribution in [0.25, 0.3) is 0 Å². The van der Waals surface area contributed by atoms with Gasteiger partial charge in [0, 0.05) is 24.4 Å². The summed E-state index contributed by atoms with van der Waals surface area (Å²) >= 11 is 0. The summed E-state index contributed by atoms with van der Waals surface area (Å²) in [5.74, 6) is 0.892. The molecule has 1 aliphatic rings. The number of anilines is 1. The van der Waals surface area contributed by atoms with Crippen LogP contribution in [0.1, 0.15) is 17.7 Å². The van der Waals surface area contributed by atoms with Gasteiger partial charge in [-0.1, -0.05) is 11.2 Å². The number of aryl methyl sites for hydroxylation is 1. The van der Waals surface area contributed by atoms with E-state index >= 15 is 0 Å². The van der Waals surface area contributed by atoms with Crippen LogP contribution in [-0.2, 0) is 4.79 Å². The van der Waals surface area contributed by atoms with E-state index in [9.17, 15) is 4.79 Å². The lowest BCUT2D eigenvalue weighted by Crippen LogP contribution is -2.24. The van der Waals surface area contributed by atoms with Crippen molar-refractivity contribution < 1.29 is 9.32 Å². The third kappa shape index (κ3) is 1.56. The Kier molecular flexibility index (Phi) is 2.34. The van der Waals surface area contributed by atoms with Crippen molar-refractivity contribution in [3.8, 4) is 0 Å². The topological polar surface area (TPSA) is 46.3 Å². The molecule has 1 saturated heterocycles. The van der Waals surface area contributed by atoms with E-state index in [1.165, 1.54) is 0 Å². The van der Waals surface area contributed by atoms with Crippen molar-refractivity contribution in [3.63, 3.8) is 0 Å². The van der Waals surface area contributed by atoms with Crippen molar-refractivity contribution in [2.75, 3.05) is 11.4 Å². The first-order valence-corrected chi connectivity index (χ1v) is 4.99. The summed E-state index contributed by atoms with van der Waals surface area (Å²) in [5, 5.41) is 3.85. The molecule has 1 aliphatic heterocycles. The first-order valence-electron chi connectivity index (χ1n) is 4.99. The van der Waals surface area contributed by atoms with Gasteiger partial charge in [-0.3, -0.25) is 9.69 Å². The van der Waals surface area contributed by atoms with E-state index in [1.807, 2.05) is 19.9 Å². The van der Waals surface area contributed by atoms with E-state index in [4.69, 9.17) is 4.52 Å². The quantitative estimate of drug-likeness (QED) is 0.693. The Bertz CT molecular complexity index is 409. The van der Waals surface area contributed by atoms with E-state index in [0.29, 0.717) is 18.8 Å². The Morgan fingerprint density at radius 1 is 1.60 bits per heavy atom. The van der Waals surface area contributed by atoms with E-state index in [-0.39, 0.29) is 11.8 Å². The minimum Gasteiger partial charge on any atom is -0.338 e. The van der Waals surface area contributed by atoms with Crippen LogP contribution in [0, 0.1) is 19.8 Å². The zero-order valence-corrected chi connectivity index (χ0v) is 8.99. The Labute approximate surface area is 88.5 Å². The molecule has 0 radical (unpaired) electrons. The monoisotopic (exact) mass is 206 g/mol. The van der Waals surface area contributed by atoms with E-state index < -0.39 is 0 Å². The van der Waals surface area contributed by atoms with Crippen LogP contribution in [0.2, 0.25) is 0 Å². The number of carbonyl (C=O) groups excluding carboxylic acids is 1. The molecule has 2 heterocycles. The van der Waals surface area contributed by atoms with Crippen molar-refractivity contribution in [1.29, 1.82) is 0 Å². The predicted octanol–water partition coefficient (Wildman–Crippen LogP) is 1.83. The summed E-state index contributed by atoms with van der Waals surface area (Å²) in [6.45, 7) is 8.14. The molecule has 0 saturated carbocycles. The van der Waals surface area contributed by atoms with Crippen LogP contribution >= 0.6 is 0 Å². The van der Waals surface area contributed by atoms with Crippen molar-refractivity contribution >= 4 is 11.8 Å². The Morgan fingerprint density at radius 3 is 2.80 bits per heavy atom. The molecular weight excluding hydrogens is 192 g/mol. The van der Waals surface area contributed by atoms with Crippen molar-refractivity contribution in [1.82, 2.24) is 5.16 Å². The van der Waals surface area contributed by atoms with Gasteiger partial charge in [0.15, 0.2) is 0 Å². The molecular formula is C11H14N2O2. The maximum atomic E-state index is 11.7. The van der Waals surface area contributed by atoms with Crippen LogP contribution in [0.4, 0.5) is 5.88 Å². The van der Waals surface area contributed by atoms with Crippen LogP contribution in [0.3, 0.4) is 0 Å². The molecule has 1 unspecified atom stereocenters. The minimum atomic E-state index is 0.0825. The van der Waals surface area contributed by atoms with Crippen LogP contribution in [0.15, 0.2) is 17.2 Å². The molecule has 4 heteroatoms. The molecule has 1 aromatic rings. The molecule has 1 aromatic heterocycles. The SMILES string of the molecule is C=CC1CC(=O)N(c2onc(C)c2C)C1. The third-order valence-electron chi connectivity index (χ3n) is 2.87. The summed E-state index contributed by atoms with van der Waals surface area (Å²) in [7, 11) is 0. The largest absolute Gasteiger partial charge is 0.338 e. The van der Waals surface area contributed by atoms with Gasteiger partial charge in [0.05, 0.1) is 5.69 Å². The number of hydrogen-bond donors (Lipinski definition) is 0. The van der Waals surface area contributed by atoms with Gasteiger partial charge in [-0.25, -0.2) is 0 Å². The first kappa shape index (κ1) is 9.96. The molecule has 0 N–H and O–H groups in total. The third-order valence-corrected chi connectivity index (χ3v) is 2.87. The lowest BCUT2D eigenvalue weighted by molar-refractivity contribution is -0.117. The van der Waals surface area contributed by atoms with Gasteiger partial charge in [-0.05, 0) is 13.8 Å². The van der Waals surface area contributed by atoms with E-state index in [0.717, 1.165) is 11.3 Å². The fraction of sp³-hybridized carbons (Fsp3) is 0.455. The number of carbonyl (C=O) groups is 1. The molecule has 1 atom stereocenters. The lowest BCUT2D eigenvalue weighted by Gasteiger charge is -2.12. The van der Waals surface area contributed by atoms with Gasteiger partial charge in [-0.15, -0.1) is 6.58 Å². The second-order valence-corrected chi connectivity index (χ2v) is 3.90. The molecule has 0 bridgehead atoms. The molecule has 0 aliphatic carbocycles. The smallest absolute Gasteiger partial charge is 0.237 e. The molecule has 4 nitrogen and oxygen atoms in total. The summed E-state index contributed by atoms with van der Waals surface area (Å²) in [6.07, 6.45) is 2.33. The maximum Gasteiger partial charge on any atom is 0.237 e. The molecule has 1 fully saturated rings. The minimum absolute atomic E-state index is 0.0825. The first-order chi connectivity index (χ1) is 7.13. The standard InChI is InChI=1S/C11H14N2O2/c1-4-9-5-10(14)13(6-9)11-7(2)8(3)12-15-11/h4,9H,1,5-6H2,2-3H3. The Morgan fingerprint density at radius 2 is 2.33 bits per heavy atom. The number of nitrogens with zero attached hydrogens (tertiary/aromatic N) is 2. The van der Waals surface area contributed by atoms with Gasteiger partial charge in [0.1, 0.15) is 0 Å². The molecule has 15 heavy (non-hydrogen) atoms. The van der Waals surface area contributed by atoms with Gasteiger partial charge in [0.25, 0.3) is 0 Å². The summed E-state index contributed by atoms with van der Waals surface area (Å²) < 4.78 is 5.16. The van der Waals surface area contributed by atoms with Gasteiger partial charge < -0.3 is 4.52 Å². The second kappa shape index (κ2) is 3.53. The van der Waals surface area contributed by atoms with Crippen LogP contribution < -0.4 is 4.90 Å². The summed E-state index contributed by atoms with van der Waals surface area (Å²) in [6, 6.07) is 0. The van der Waals surface area contributed by atoms with Gasteiger partial charge in [0.2, 0.25) is 11.8 Å². The fourth-order valence-electron chi connectivity index (χ4n) is 1.74. The Balaban J connectivity index is 2.29. The summed E-state index contributed by atoms with van der Waals surface area (Å²) in [5.41, 5.74) is 1.77. The highest BCUT2D eigenvalue weighted by atomic mass is 16.5. The van der Waals surface area contributed by atoms with E-state index in [1.54, 1.807) is 4.90 Å². The number of hydrogen-bond acceptors (Lipinski definition) is 3. The van der Waals surface area contributed by atoms with Crippen molar-refractivity contribution in [2.45, 2.75) is 20.3 Å². The number of aromatic nitrogens is 1. The summed E-state index contributed by atoms with van der Waals surface area (Å²) in [4.78, 5) is 13.4. The zero-order chi connectivity index (χ0) is 11.0. The highest BCUT2D eigenvalue weighted by Gasteiger charge is 2.32. The lowest BCUT2D eigenvalue weighted by atomic mass is 10.1. The highest BCUT2D eigenvalue weighted by Crippen LogP contribution is 2.29. The molecule has 0 aromatic carbocycles. The maximum absolute atomic E-state index is 11.7. The zero-order valence-electron chi connectivity index (χ0n) is 8.99. The van der Waals surface area contributed by atoms with Crippen LogP contribution in [0.5, 0.6) is 0 Å². The molecule has 0 spiro atoms. The number of rotatable bonds is 2. The van der Waals surface area contributed by atoms with Crippen molar-refractivity contribution in [3.05, 3.63) is 23.9 Å². The average molecular weight is 206 g/mol. The van der Waals surface area contributed by atoms with Gasteiger partial charge in [-0.2, -0.15) is 0 Å².